The average molecular weight is 626 g/mol. The molecule has 0 amide bonds. The van der Waals surface area contributed by atoms with E-state index in [1.54, 1.807) is 0 Å². The Kier molecular flexibility index (Phi) is 6.66. The highest BCUT2D eigenvalue weighted by Gasteiger charge is 2.51. The third-order valence-electron chi connectivity index (χ3n) is 10.0. The van der Waals surface area contributed by atoms with Gasteiger partial charge < -0.3 is 0 Å². The maximum atomic E-state index is 9.27. The van der Waals surface area contributed by atoms with E-state index in [1.807, 2.05) is 48.5 Å². The Hall–Kier alpha value is -6.45. The van der Waals surface area contributed by atoms with Gasteiger partial charge in [0, 0.05) is 11.1 Å². The molecule has 2 aliphatic rings. The Morgan fingerprint density at radius 2 is 0.878 bits per heavy atom. The molecule has 49 heavy (non-hydrogen) atoms. The van der Waals surface area contributed by atoms with Crippen LogP contribution in [0.25, 0.3) is 44.5 Å². The lowest BCUT2D eigenvalue weighted by atomic mass is 9.70. The number of hydrogen-bond acceptors (Lipinski definition) is 1. The molecule has 9 rings (SSSR count). The van der Waals surface area contributed by atoms with E-state index in [9.17, 15) is 5.41 Å². The van der Waals surface area contributed by atoms with Crippen molar-refractivity contribution in [3.63, 3.8) is 0 Å². The van der Waals surface area contributed by atoms with Crippen LogP contribution in [-0.2, 0) is 5.41 Å². The zero-order valence-electron chi connectivity index (χ0n) is 26.8. The Morgan fingerprint density at radius 1 is 0.429 bits per heavy atom. The molecule has 7 aromatic carbocycles. The van der Waals surface area contributed by atoms with Crippen molar-refractivity contribution in [2.24, 2.45) is 9.98 Å². The second kappa shape index (κ2) is 11.4. The molecule has 0 fully saturated rings. The van der Waals surface area contributed by atoms with Gasteiger partial charge in [-0.3, -0.25) is 5.41 Å². The van der Waals surface area contributed by atoms with E-state index in [0.29, 0.717) is 11.4 Å². The maximum Gasteiger partial charge on any atom is 0.161 e. The number of fused-ring (bicyclic) bond motifs is 10. The fourth-order valence-electron chi connectivity index (χ4n) is 7.95. The Morgan fingerprint density at radius 3 is 1.37 bits per heavy atom. The van der Waals surface area contributed by atoms with Crippen LogP contribution >= 0.6 is 0 Å². The Balaban J connectivity index is 1.20. The van der Waals surface area contributed by atoms with Gasteiger partial charge in [0.15, 0.2) is 11.7 Å². The van der Waals surface area contributed by atoms with Crippen LogP contribution in [0.1, 0.15) is 33.4 Å². The lowest BCUT2D eigenvalue weighted by molar-refractivity contribution is 0.793. The third-order valence-corrected chi connectivity index (χ3v) is 10.0. The van der Waals surface area contributed by atoms with Gasteiger partial charge in [-0.1, -0.05) is 146 Å². The molecule has 3 nitrogen and oxygen atoms in total. The lowest BCUT2D eigenvalue weighted by Gasteiger charge is -2.30. The zero-order chi connectivity index (χ0) is 33.0. The third kappa shape index (κ3) is 4.40. The summed E-state index contributed by atoms with van der Waals surface area (Å²) in [6.07, 6.45) is 0. The normalized spacial score (nSPS) is 13.3. The van der Waals surface area contributed by atoms with Crippen molar-refractivity contribution in [1.29, 1.82) is 5.41 Å². The van der Waals surface area contributed by atoms with Gasteiger partial charge in [-0.25, -0.2) is 9.98 Å². The molecular weight excluding hydrogens is 595 g/mol. The first-order chi connectivity index (χ1) is 24.2. The molecule has 0 saturated heterocycles. The highest BCUT2D eigenvalue weighted by molar-refractivity contribution is 6.13. The molecular formula is C46H31N3. The molecule has 2 aliphatic carbocycles. The van der Waals surface area contributed by atoms with Crippen LogP contribution in [0.5, 0.6) is 0 Å². The van der Waals surface area contributed by atoms with Crippen molar-refractivity contribution in [3.05, 3.63) is 203 Å². The van der Waals surface area contributed by atoms with Crippen molar-refractivity contribution in [1.82, 2.24) is 0 Å². The molecule has 1 spiro atoms. The molecule has 0 aromatic heterocycles. The largest absolute Gasteiger partial charge is 0.282 e. The van der Waals surface area contributed by atoms with E-state index in [-0.39, 0.29) is 5.84 Å². The molecule has 230 valence electrons. The van der Waals surface area contributed by atoms with Crippen molar-refractivity contribution in [2.45, 2.75) is 5.41 Å². The molecule has 0 heterocycles. The predicted octanol–water partition coefficient (Wildman–Crippen LogP) is 10.8. The molecule has 0 bridgehead atoms. The number of amidine groups is 2. The molecule has 0 aliphatic heterocycles. The highest BCUT2D eigenvalue weighted by Crippen LogP contribution is 2.62. The fraction of sp³-hybridized carbons (Fsp3) is 0.0217. The number of hydrogen-bond donors (Lipinski definition) is 1. The van der Waals surface area contributed by atoms with Gasteiger partial charge in [0.2, 0.25) is 0 Å². The van der Waals surface area contributed by atoms with E-state index in [0.717, 1.165) is 27.8 Å². The van der Waals surface area contributed by atoms with Crippen LogP contribution in [0, 0.1) is 5.41 Å². The molecule has 0 unspecified atom stereocenters. The van der Waals surface area contributed by atoms with Crippen molar-refractivity contribution in [2.75, 3.05) is 0 Å². The first-order valence-electron chi connectivity index (χ1n) is 16.5. The van der Waals surface area contributed by atoms with Gasteiger partial charge in [-0.2, -0.15) is 0 Å². The summed E-state index contributed by atoms with van der Waals surface area (Å²) in [6, 6.07) is 59.6. The summed E-state index contributed by atoms with van der Waals surface area (Å²) in [7, 11) is 0. The second-order valence-corrected chi connectivity index (χ2v) is 12.6. The van der Waals surface area contributed by atoms with Gasteiger partial charge in [-0.15, -0.1) is 0 Å². The number of benzene rings is 7. The number of rotatable bonds is 4. The topological polar surface area (TPSA) is 48.6 Å². The molecule has 3 heteroatoms. The van der Waals surface area contributed by atoms with Crippen LogP contribution in [0.15, 0.2) is 180 Å². The molecule has 0 saturated carbocycles. The van der Waals surface area contributed by atoms with Crippen molar-refractivity contribution < 1.29 is 0 Å². The maximum absolute atomic E-state index is 9.27. The van der Waals surface area contributed by atoms with Gasteiger partial charge in [0.05, 0.1) is 5.41 Å². The number of nitrogens with zero attached hydrogens (tertiary/aromatic N) is 2. The van der Waals surface area contributed by atoms with Gasteiger partial charge in [0.1, 0.15) is 0 Å². The minimum absolute atomic E-state index is 0.132. The molecule has 7 aromatic rings. The smallest absolute Gasteiger partial charge is 0.161 e. The predicted molar refractivity (Wildman–Crippen MR) is 203 cm³/mol. The van der Waals surface area contributed by atoms with Crippen LogP contribution < -0.4 is 0 Å². The summed E-state index contributed by atoms with van der Waals surface area (Å²) < 4.78 is 0. The van der Waals surface area contributed by atoms with Crippen molar-refractivity contribution in [3.8, 4) is 44.5 Å². The van der Waals surface area contributed by atoms with E-state index < -0.39 is 5.41 Å². The van der Waals surface area contributed by atoms with Crippen LogP contribution in [0.3, 0.4) is 0 Å². The standard InChI is InChI=1S/C46H31N3/c1-48-45(49-44(47)35-27-33(30-14-4-2-5-15-30)26-34(28-35)31-16-6-3-7-17-31)32-24-25-39-38-20-10-13-23-42(38)46(43(39)29-32)40-21-11-8-18-36(40)37-19-9-12-22-41(37)46/h2-29,47H,1H2. The Labute approximate surface area is 286 Å². The van der Waals surface area contributed by atoms with Gasteiger partial charge in [-0.05, 0) is 97.7 Å². The summed E-state index contributed by atoms with van der Waals surface area (Å²) in [5, 5.41) is 9.27. The fourth-order valence-corrected chi connectivity index (χ4v) is 7.95. The van der Waals surface area contributed by atoms with E-state index >= 15 is 0 Å². The summed E-state index contributed by atoms with van der Waals surface area (Å²) in [6.45, 7) is 3.93. The first kappa shape index (κ1) is 28.7. The zero-order valence-corrected chi connectivity index (χ0v) is 26.8. The Bertz CT molecular complexity index is 2350. The monoisotopic (exact) mass is 625 g/mol. The van der Waals surface area contributed by atoms with Crippen LogP contribution in [-0.4, -0.2) is 18.4 Å². The quantitative estimate of drug-likeness (QED) is 0.149. The van der Waals surface area contributed by atoms with E-state index in [4.69, 9.17) is 4.99 Å². The minimum atomic E-state index is -0.469. The first-order valence-corrected chi connectivity index (χ1v) is 16.5. The second-order valence-electron chi connectivity index (χ2n) is 12.6. The average Bonchev–Trinajstić information content (AvgIpc) is 3.64. The number of aliphatic imine (C=N–C) groups is 2. The SMILES string of the molecule is C=NC(=NC(=N)c1cc(-c2ccccc2)cc(-c2ccccc2)c1)c1ccc2c(c1)C1(c3ccccc3-c3ccccc31)c1ccccc1-2. The molecule has 0 radical (unpaired) electrons. The van der Waals surface area contributed by atoms with Crippen LogP contribution in [0.4, 0.5) is 0 Å². The molecule has 0 atom stereocenters. The minimum Gasteiger partial charge on any atom is -0.282 e. The highest BCUT2D eigenvalue weighted by atomic mass is 14.9. The van der Waals surface area contributed by atoms with E-state index in [2.05, 4.69) is 133 Å². The summed E-state index contributed by atoms with van der Waals surface area (Å²) in [5.74, 6) is 0.553. The summed E-state index contributed by atoms with van der Waals surface area (Å²) in [5.41, 5.74) is 15.3. The number of nitrogens with one attached hydrogen (secondary N) is 1. The summed E-state index contributed by atoms with van der Waals surface area (Å²) >= 11 is 0. The van der Waals surface area contributed by atoms with Gasteiger partial charge >= 0.3 is 0 Å². The summed E-state index contributed by atoms with van der Waals surface area (Å²) in [4.78, 5) is 9.28. The van der Waals surface area contributed by atoms with E-state index in [1.165, 1.54) is 44.5 Å². The molecule has 1 N–H and O–H groups in total. The van der Waals surface area contributed by atoms with Crippen molar-refractivity contribution >= 4 is 18.4 Å². The lowest BCUT2D eigenvalue weighted by Crippen LogP contribution is -2.26. The van der Waals surface area contributed by atoms with Gasteiger partial charge in [0.25, 0.3) is 0 Å². The van der Waals surface area contributed by atoms with Crippen LogP contribution in [0.2, 0.25) is 0 Å².